The highest BCUT2D eigenvalue weighted by Crippen LogP contribution is 2.47. The summed E-state index contributed by atoms with van der Waals surface area (Å²) in [5, 5.41) is 0. The van der Waals surface area contributed by atoms with Crippen LogP contribution in [0.2, 0.25) is 0 Å². The van der Waals surface area contributed by atoms with E-state index in [1.54, 1.807) is 32.9 Å². The molecule has 3 rings (SSSR count). The first-order valence-corrected chi connectivity index (χ1v) is 12.1. The molecule has 1 amide bonds. The predicted molar refractivity (Wildman–Crippen MR) is 133 cm³/mol. The molecule has 184 valence electrons. The number of hydrogen-bond donors (Lipinski definition) is 0. The largest absolute Gasteiger partial charge is 0.443 e. The molecule has 0 N–H and O–H groups in total. The van der Waals surface area contributed by atoms with Crippen LogP contribution in [0.4, 0.5) is 14.9 Å². The van der Waals surface area contributed by atoms with Crippen LogP contribution in [-0.4, -0.2) is 41.7 Å². The van der Waals surface area contributed by atoms with Gasteiger partial charge < -0.3 is 9.47 Å². The van der Waals surface area contributed by atoms with E-state index in [-0.39, 0.29) is 30.0 Å². The number of benzene rings is 1. The molecule has 0 atom stereocenters. The Balaban J connectivity index is 2.18. The van der Waals surface area contributed by atoms with Gasteiger partial charge in [-0.3, -0.25) is 9.69 Å². The van der Waals surface area contributed by atoms with Crippen LogP contribution >= 0.6 is 15.9 Å². The predicted octanol–water partition coefficient (Wildman–Crippen LogP) is 6.21. The second kappa shape index (κ2) is 9.74. The first kappa shape index (κ1) is 26.3. The minimum atomic E-state index is -0.700. The van der Waals surface area contributed by atoms with Crippen molar-refractivity contribution in [2.24, 2.45) is 0 Å². The van der Waals surface area contributed by atoms with Crippen molar-refractivity contribution >= 4 is 33.5 Å². The van der Waals surface area contributed by atoms with E-state index in [2.05, 4.69) is 20.9 Å². The molecular formula is C26H32BrFN2O4. The quantitative estimate of drug-likeness (QED) is 0.325. The molecule has 1 aromatic heterocycles. The van der Waals surface area contributed by atoms with Gasteiger partial charge in [0.05, 0.1) is 11.8 Å². The van der Waals surface area contributed by atoms with Crippen LogP contribution in [0.3, 0.4) is 0 Å². The highest BCUT2D eigenvalue weighted by Gasteiger charge is 2.45. The summed E-state index contributed by atoms with van der Waals surface area (Å²) in [6.07, 6.45) is -0.203. The van der Waals surface area contributed by atoms with Crippen molar-refractivity contribution in [1.82, 2.24) is 4.98 Å². The van der Waals surface area contributed by atoms with Crippen LogP contribution in [0.5, 0.6) is 0 Å². The SMILES string of the molecule is CC(C)OCC(=O)c1nc(Br)c(Cc2ccc(F)cc2)c2c1N(C(=O)OC(C)(C)C)CC2(C)C. The Morgan fingerprint density at radius 3 is 2.38 bits per heavy atom. The van der Waals surface area contributed by atoms with Gasteiger partial charge in [-0.25, -0.2) is 14.2 Å². The van der Waals surface area contributed by atoms with Gasteiger partial charge in [-0.2, -0.15) is 0 Å². The minimum absolute atomic E-state index is 0.128. The summed E-state index contributed by atoms with van der Waals surface area (Å²) in [4.78, 5) is 32.5. The number of fused-ring (bicyclic) bond motifs is 1. The van der Waals surface area contributed by atoms with Gasteiger partial charge in [-0.15, -0.1) is 0 Å². The Labute approximate surface area is 209 Å². The maximum atomic E-state index is 13.5. The van der Waals surface area contributed by atoms with Crippen LogP contribution in [-0.2, 0) is 21.3 Å². The first-order valence-electron chi connectivity index (χ1n) is 11.3. The molecule has 0 saturated carbocycles. The maximum absolute atomic E-state index is 13.5. The normalized spacial score (nSPS) is 14.9. The minimum Gasteiger partial charge on any atom is -0.443 e. The lowest BCUT2D eigenvalue weighted by atomic mass is 9.82. The Kier molecular flexibility index (Phi) is 7.53. The van der Waals surface area contributed by atoms with Gasteiger partial charge in [-0.1, -0.05) is 26.0 Å². The van der Waals surface area contributed by atoms with E-state index in [0.717, 1.165) is 16.7 Å². The summed E-state index contributed by atoms with van der Waals surface area (Å²) in [7, 11) is 0. The third kappa shape index (κ3) is 5.84. The van der Waals surface area contributed by atoms with E-state index in [1.807, 2.05) is 27.7 Å². The fourth-order valence-corrected chi connectivity index (χ4v) is 4.59. The average molecular weight is 535 g/mol. The zero-order valence-electron chi connectivity index (χ0n) is 20.8. The molecule has 34 heavy (non-hydrogen) atoms. The van der Waals surface area contributed by atoms with Gasteiger partial charge in [0.15, 0.2) is 0 Å². The number of Topliss-reactive ketones (excluding diaryl/α,β-unsaturated/α-hetero) is 1. The molecular weight excluding hydrogens is 503 g/mol. The molecule has 1 aliphatic rings. The topological polar surface area (TPSA) is 68.7 Å². The molecule has 0 aliphatic carbocycles. The molecule has 0 fully saturated rings. The van der Waals surface area contributed by atoms with Crippen LogP contribution < -0.4 is 4.90 Å². The van der Waals surface area contributed by atoms with Crippen LogP contribution in [0, 0.1) is 5.82 Å². The molecule has 1 aliphatic heterocycles. The van der Waals surface area contributed by atoms with Gasteiger partial charge in [0.2, 0.25) is 5.78 Å². The highest BCUT2D eigenvalue weighted by atomic mass is 79.9. The molecule has 2 heterocycles. The van der Waals surface area contributed by atoms with Crippen LogP contribution in [0.15, 0.2) is 28.9 Å². The molecule has 0 spiro atoms. The van der Waals surface area contributed by atoms with Crippen LogP contribution in [0.25, 0.3) is 0 Å². The van der Waals surface area contributed by atoms with Crippen molar-refractivity contribution in [3.05, 3.63) is 57.1 Å². The number of ketones is 1. The molecule has 8 heteroatoms. The number of aromatic nitrogens is 1. The molecule has 0 radical (unpaired) electrons. The molecule has 0 bridgehead atoms. The lowest BCUT2D eigenvalue weighted by Crippen LogP contribution is -2.39. The molecule has 1 aromatic carbocycles. The average Bonchev–Trinajstić information content (AvgIpc) is 3.00. The van der Waals surface area contributed by atoms with E-state index < -0.39 is 17.1 Å². The fourth-order valence-electron chi connectivity index (χ4n) is 4.07. The summed E-state index contributed by atoms with van der Waals surface area (Å²) < 4.78 is 25.2. The number of halogens is 2. The Bertz CT molecular complexity index is 1090. The molecule has 6 nitrogen and oxygen atoms in total. The Morgan fingerprint density at radius 1 is 1.21 bits per heavy atom. The number of nitrogens with zero attached hydrogens (tertiary/aromatic N) is 2. The van der Waals surface area contributed by atoms with Gasteiger partial charge in [0.25, 0.3) is 0 Å². The summed E-state index contributed by atoms with van der Waals surface area (Å²) in [5.41, 5.74) is 2.02. The molecule has 0 unspecified atom stereocenters. The summed E-state index contributed by atoms with van der Waals surface area (Å²) in [5.74, 6) is -0.626. The molecule has 0 saturated heterocycles. The van der Waals surface area contributed by atoms with E-state index in [9.17, 15) is 14.0 Å². The summed E-state index contributed by atoms with van der Waals surface area (Å²) in [6, 6.07) is 6.26. The number of anilines is 1. The van der Waals surface area contributed by atoms with Gasteiger partial charge >= 0.3 is 6.09 Å². The first-order chi connectivity index (χ1) is 15.7. The van der Waals surface area contributed by atoms with E-state index in [0.29, 0.717) is 23.3 Å². The number of hydrogen-bond acceptors (Lipinski definition) is 5. The summed E-state index contributed by atoms with van der Waals surface area (Å²) in [6.45, 7) is 13.3. The standard InChI is InChI=1S/C26H32BrFN2O4/c1-15(2)33-13-19(31)21-22-20(26(6,7)14-30(22)24(32)34-25(3,4)5)18(23(27)29-21)12-16-8-10-17(28)11-9-16/h8-11,15H,12-14H2,1-7H3. The third-order valence-electron chi connectivity index (χ3n) is 5.44. The van der Waals surface area contributed by atoms with Crippen molar-refractivity contribution in [2.75, 3.05) is 18.1 Å². The van der Waals surface area contributed by atoms with Crippen molar-refractivity contribution in [2.45, 2.75) is 72.0 Å². The Morgan fingerprint density at radius 2 is 1.82 bits per heavy atom. The van der Waals surface area contributed by atoms with Crippen molar-refractivity contribution in [3.8, 4) is 0 Å². The lowest BCUT2D eigenvalue weighted by Gasteiger charge is -2.26. The second-order valence-corrected chi connectivity index (χ2v) is 11.2. The summed E-state index contributed by atoms with van der Waals surface area (Å²) >= 11 is 3.57. The molecule has 2 aromatic rings. The lowest BCUT2D eigenvalue weighted by molar-refractivity contribution is 0.0571. The highest BCUT2D eigenvalue weighted by molar-refractivity contribution is 9.10. The number of rotatable bonds is 6. The number of ether oxygens (including phenoxy) is 2. The zero-order chi connectivity index (χ0) is 25.4. The zero-order valence-corrected chi connectivity index (χ0v) is 22.4. The number of carbonyl (C=O) groups excluding carboxylic acids is 2. The number of carbonyl (C=O) groups is 2. The van der Waals surface area contributed by atoms with E-state index >= 15 is 0 Å². The van der Waals surface area contributed by atoms with Crippen molar-refractivity contribution in [1.29, 1.82) is 0 Å². The van der Waals surface area contributed by atoms with Gasteiger partial charge in [0.1, 0.15) is 28.3 Å². The van der Waals surface area contributed by atoms with Gasteiger partial charge in [0, 0.05) is 18.4 Å². The van der Waals surface area contributed by atoms with Crippen molar-refractivity contribution < 1.29 is 23.5 Å². The van der Waals surface area contributed by atoms with Crippen molar-refractivity contribution in [3.63, 3.8) is 0 Å². The van der Waals surface area contributed by atoms with Crippen LogP contribution in [0.1, 0.15) is 75.6 Å². The number of pyridine rings is 1. The third-order valence-corrected chi connectivity index (χ3v) is 6.10. The fraction of sp³-hybridized carbons (Fsp3) is 0.500. The smallest absolute Gasteiger partial charge is 0.414 e. The second-order valence-electron chi connectivity index (χ2n) is 10.5. The van der Waals surface area contributed by atoms with E-state index in [1.165, 1.54) is 17.0 Å². The number of amides is 1. The maximum Gasteiger partial charge on any atom is 0.414 e. The monoisotopic (exact) mass is 534 g/mol. The van der Waals surface area contributed by atoms with Gasteiger partial charge in [-0.05, 0) is 79.4 Å². The Hall–Kier alpha value is -2.32. The van der Waals surface area contributed by atoms with E-state index in [4.69, 9.17) is 9.47 Å².